The van der Waals surface area contributed by atoms with Crippen molar-refractivity contribution in [3.63, 3.8) is 0 Å². The maximum Gasteiger partial charge on any atom is 0.360 e. The zero-order valence-corrected chi connectivity index (χ0v) is 8.50. The number of aromatic nitrogens is 3. The van der Waals surface area contributed by atoms with Gasteiger partial charge in [0.05, 0.1) is 12.8 Å². The van der Waals surface area contributed by atoms with Gasteiger partial charge in [-0.3, -0.25) is 0 Å². The molecule has 0 aromatic carbocycles. The number of H-pyrrole nitrogens is 1. The number of aromatic amines is 1. The molecule has 78 valence electrons. The fourth-order valence-corrected chi connectivity index (χ4v) is 1.07. The minimum absolute atomic E-state index is 0.200. The number of hydrogen-bond donors (Lipinski definition) is 2. The van der Waals surface area contributed by atoms with E-state index in [1.54, 1.807) is 0 Å². The molecule has 0 aliphatic carbocycles. The van der Waals surface area contributed by atoms with Crippen LogP contribution in [0, 0.1) is 0 Å². The van der Waals surface area contributed by atoms with Crippen LogP contribution in [0.25, 0.3) is 0 Å². The average Bonchev–Trinajstić information content (AvgIpc) is 2.48. The summed E-state index contributed by atoms with van der Waals surface area (Å²) in [4.78, 5) is 11.2. The van der Waals surface area contributed by atoms with Gasteiger partial charge < -0.3 is 10.5 Å². The standard InChI is InChI=1S/C8H14N4O2/c1-8(2,9)4-5-6(7(13)14-3)11-12-10-5/h4,9H2,1-3H3,(H,10,11,12). The molecule has 0 amide bonds. The zero-order valence-electron chi connectivity index (χ0n) is 8.50. The molecule has 6 nitrogen and oxygen atoms in total. The van der Waals surface area contributed by atoms with Crippen LogP contribution in [0.3, 0.4) is 0 Å². The highest BCUT2D eigenvalue weighted by Gasteiger charge is 2.22. The van der Waals surface area contributed by atoms with Crippen LogP contribution in [0.2, 0.25) is 0 Å². The number of carbonyl (C=O) groups is 1. The third-order valence-electron chi connectivity index (χ3n) is 1.62. The van der Waals surface area contributed by atoms with Crippen molar-refractivity contribution in [1.29, 1.82) is 0 Å². The lowest BCUT2D eigenvalue weighted by atomic mass is 9.99. The van der Waals surface area contributed by atoms with E-state index in [2.05, 4.69) is 20.1 Å². The SMILES string of the molecule is COC(=O)c1n[nH]nc1CC(C)(C)N. The number of rotatable bonds is 3. The van der Waals surface area contributed by atoms with Crippen molar-refractivity contribution >= 4 is 5.97 Å². The van der Waals surface area contributed by atoms with Gasteiger partial charge in [-0.15, -0.1) is 5.10 Å². The first-order valence-corrected chi connectivity index (χ1v) is 4.21. The van der Waals surface area contributed by atoms with E-state index in [1.165, 1.54) is 7.11 Å². The molecular formula is C8H14N4O2. The highest BCUT2D eigenvalue weighted by molar-refractivity contribution is 5.88. The Morgan fingerprint density at radius 3 is 2.71 bits per heavy atom. The molecule has 6 heteroatoms. The van der Waals surface area contributed by atoms with Gasteiger partial charge in [0.25, 0.3) is 0 Å². The smallest absolute Gasteiger partial charge is 0.360 e. The number of hydrogen-bond acceptors (Lipinski definition) is 5. The maximum absolute atomic E-state index is 11.2. The molecule has 1 heterocycles. The average molecular weight is 198 g/mol. The molecule has 1 rings (SSSR count). The summed E-state index contributed by atoms with van der Waals surface area (Å²) in [5.41, 5.74) is 6.10. The monoisotopic (exact) mass is 198 g/mol. The van der Waals surface area contributed by atoms with Crippen molar-refractivity contribution in [1.82, 2.24) is 15.4 Å². The summed E-state index contributed by atoms with van der Waals surface area (Å²) in [6, 6.07) is 0. The minimum Gasteiger partial charge on any atom is -0.464 e. The zero-order chi connectivity index (χ0) is 10.8. The molecular weight excluding hydrogens is 184 g/mol. The van der Waals surface area contributed by atoms with Gasteiger partial charge in [0, 0.05) is 12.0 Å². The first kappa shape index (κ1) is 10.6. The second-order valence-corrected chi connectivity index (χ2v) is 3.78. The Balaban J connectivity index is 2.88. The van der Waals surface area contributed by atoms with Crippen LogP contribution in [0.15, 0.2) is 0 Å². The van der Waals surface area contributed by atoms with Crippen molar-refractivity contribution in [2.24, 2.45) is 5.73 Å². The second-order valence-electron chi connectivity index (χ2n) is 3.78. The van der Waals surface area contributed by atoms with E-state index in [0.29, 0.717) is 12.1 Å². The van der Waals surface area contributed by atoms with Gasteiger partial charge in [0.2, 0.25) is 0 Å². The van der Waals surface area contributed by atoms with Gasteiger partial charge in [0.1, 0.15) is 0 Å². The molecule has 0 fully saturated rings. The van der Waals surface area contributed by atoms with E-state index in [-0.39, 0.29) is 5.69 Å². The van der Waals surface area contributed by atoms with E-state index in [4.69, 9.17) is 5.73 Å². The largest absolute Gasteiger partial charge is 0.464 e. The molecule has 0 bridgehead atoms. The molecule has 0 atom stereocenters. The lowest BCUT2D eigenvalue weighted by Crippen LogP contribution is -2.35. The Morgan fingerprint density at radius 2 is 2.21 bits per heavy atom. The number of nitrogens with zero attached hydrogens (tertiary/aromatic N) is 2. The molecule has 0 aliphatic heterocycles. The van der Waals surface area contributed by atoms with Crippen LogP contribution in [0.5, 0.6) is 0 Å². The number of nitrogens with one attached hydrogen (secondary N) is 1. The van der Waals surface area contributed by atoms with Crippen LogP contribution in [0.1, 0.15) is 30.0 Å². The van der Waals surface area contributed by atoms with Gasteiger partial charge in [-0.2, -0.15) is 10.3 Å². The lowest BCUT2D eigenvalue weighted by Gasteiger charge is -2.16. The highest BCUT2D eigenvalue weighted by atomic mass is 16.5. The molecule has 0 radical (unpaired) electrons. The topological polar surface area (TPSA) is 93.9 Å². The Morgan fingerprint density at radius 1 is 1.57 bits per heavy atom. The maximum atomic E-state index is 11.2. The second kappa shape index (κ2) is 3.75. The van der Waals surface area contributed by atoms with Gasteiger partial charge in [-0.1, -0.05) is 0 Å². The van der Waals surface area contributed by atoms with E-state index in [0.717, 1.165) is 0 Å². The molecule has 0 spiro atoms. The first-order valence-electron chi connectivity index (χ1n) is 4.21. The van der Waals surface area contributed by atoms with E-state index >= 15 is 0 Å². The van der Waals surface area contributed by atoms with Crippen molar-refractivity contribution in [3.8, 4) is 0 Å². The normalized spacial score (nSPS) is 11.4. The number of nitrogens with two attached hydrogens (primary N) is 1. The van der Waals surface area contributed by atoms with Crippen LogP contribution in [0.4, 0.5) is 0 Å². The third-order valence-corrected chi connectivity index (χ3v) is 1.62. The molecule has 0 saturated heterocycles. The minimum atomic E-state index is -0.502. The van der Waals surface area contributed by atoms with E-state index in [9.17, 15) is 4.79 Å². The fraction of sp³-hybridized carbons (Fsp3) is 0.625. The van der Waals surface area contributed by atoms with Crippen LogP contribution in [-0.2, 0) is 11.2 Å². The van der Waals surface area contributed by atoms with Crippen molar-refractivity contribution in [2.45, 2.75) is 25.8 Å². The summed E-state index contributed by atoms with van der Waals surface area (Å²) >= 11 is 0. The predicted molar refractivity (Wildman–Crippen MR) is 49.7 cm³/mol. The van der Waals surface area contributed by atoms with Crippen molar-refractivity contribution in [2.75, 3.05) is 7.11 Å². The van der Waals surface area contributed by atoms with Crippen molar-refractivity contribution < 1.29 is 9.53 Å². The van der Waals surface area contributed by atoms with E-state index in [1.807, 2.05) is 13.8 Å². The van der Waals surface area contributed by atoms with Crippen LogP contribution >= 0.6 is 0 Å². The summed E-state index contributed by atoms with van der Waals surface area (Å²) in [5.74, 6) is -0.502. The van der Waals surface area contributed by atoms with Crippen molar-refractivity contribution in [3.05, 3.63) is 11.4 Å². The molecule has 14 heavy (non-hydrogen) atoms. The summed E-state index contributed by atoms with van der Waals surface area (Å²) in [6.07, 6.45) is 0.466. The third kappa shape index (κ3) is 2.53. The summed E-state index contributed by atoms with van der Waals surface area (Å²) < 4.78 is 4.55. The number of ether oxygens (including phenoxy) is 1. The summed E-state index contributed by atoms with van der Waals surface area (Å²) in [6.45, 7) is 3.70. The Bertz CT molecular complexity index is 326. The fourth-order valence-electron chi connectivity index (χ4n) is 1.07. The lowest BCUT2D eigenvalue weighted by molar-refractivity contribution is 0.0592. The van der Waals surface area contributed by atoms with Gasteiger partial charge in [-0.05, 0) is 13.8 Å². The quantitative estimate of drug-likeness (QED) is 0.660. The van der Waals surface area contributed by atoms with Gasteiger partial charge >= 0.3 is 5.97 Å². The first-order chi connectivity index (χ1) is 6.44. The molecule has 0 unspecified atom stereocenters. The highest BCUT2D eigenvalue weighted by Crippen LogP contribution is 2.10. The molecule has 3 N–H and O–H groups in total. The Hall–Kier alpha value is -1.43. The molecule has 1 aromatic rings. The molecule has 0 saturated carbocycles. The Labute approximate surface area is 81.8 Å². The predicted octanol–water partition coefficient (Wildman–Crippen LogP) is -0.129. The summed E-state index contributed by atoms with van der Waals surface area (Å²) in [7, 11) is 1.30. The van der Waals surface area contributed by atoms with E-state index < -0.39 is 11.5 Å². The Kier molecular flexibility index (Phi) is 2.85. The number of esters is 1. The number of carbonyl (C=O) groups excluding carboxylic acids is 1. The summed E-state index contributed by atoms with van der Waals surface area (Å²) in [5, 5.41) is 9.94. The van der Waals surface area contributed by atoms with Gasteiger partial charge in [0.15, 0.2) is 5.69 Å². The number of methoxy groups -OCH3 is 1. The molecule has 0 aliphatic rings. The van der Waals surface area contributed by atoms with Crippen LogP contribution < -0.4 is 5.73 Å². The van der Waals surface area contributed by atoms with Gasteiger partial charge in [-0.25, -0.2) is 4.79 Å². The van der Waals surface area contributed by atoms with Crippen LogP contribution in [-0.4, -0.2) is 34.0 Å². The molecule has 1 aromatic heterocycles.